The van der Waals surface area contributed by atoms with E-state index in [4.69, 9.17) is 9.47 Å². The molecular weight excluding hydrogens is 483 g/mol. The Bertz CT molecular complexity index is 1270. The van der Waals surface area contributed by atoms with Crippen LogP contribution in [-0.2, 0) is 0 Å². The number of hydrogen-bond acceptors (Lipinski definition) is 5. The van der Waals surface area contributed by atoms with Crippen molar-refractivity contribution in [2.24, 2.45) is 0 Å². The minimum atomic E-state index is -0.480. The average Bonchev–Trinajstić information content (AvgIpc) is 2.75. The second kappa shape index (κ2) is 8.04. The lowest BCUT2D eigenvalue weighted by Crippen LogP contribution is -2.11. The van der Waals surface area contributed by atoms with E-state index in [2.05, 4.69) is 32.6 Å². The predicted octanol–water partition coefficient (Wildman–Crippen LogP) is 4.42. The molecule has 0 saturated heterocycles. The first kappa shape index (κ1) is 19.1. The highest BCUT2D eigenvalue weighted by Crippen LogP contribution is 2.37. The van der Waals surface area contributed by atoms with Crippen molar-refractivity contribution in [1.82, 2.24) is 9.97 Å². The number of rotatable bonds is 4. The van der Waals surface area contributed by atoms with Gasteiger partial charge in [0.25, 0.3) is 5.56 Å². The van der Waals surface area contributed by atoms with E-state index in [0.717, 1.165) is 0 Å². The Morgan fingerprint density at radius 1 is 1.03 bits per heavy atom. The fourth-order valence-electron chi connectivity index (χ4n) is 2.90. The van der Waals surface area contributed by atoms with Gasteiger partial charge in [-0.15, -0.1) is 0 Å². The van der Waals surface area contributed by atoms with Gasteiger partial charge < -0.3 is 14.5 Å². The third-order valence-corrected chi connectivity index (χ3v) is 5.12. The largest absolute Gasteiger partial charge is 0.493 e. The predicted molar refractivity (Wildman–Crippen MR) is 118 cm³/mol. The third kappa shape index (κ3) is 3.86. The maximum Gasteiger partial charge on any atom is 0.343 e. The number of nitrogens with one attached hydrogen (secondary N) is 1. The van der Waals surface area contributed by atoms with Crippen molar-refractivity contribution >= 4 is 39.5 Å². The molecule has 29 heavy (non-hydrogen) atoms. The van der Waals surface area contributed by atoms with Crippen LogP contribution in [0.4, 0.5) is 0 Å². The van der Waals surface area contributed by atoms with Crippen LogP contribution >= 0.6 is 22.6 Å². The van der Waals surface area contributed by atoms with E-state index < -0.39 is 5.97 Å². The Balaban J connectivity index is 1.75. The van der Waals surface area contributed by atoms with Crippen molar-refractivity contribution in [3.8, 4) is 22.9 Å². The monoisotopic (exact) mass is 498 g/mol. The van der Waals surface area contributed by atoms with Gasteiger partial charge in [0, 0.05) is 5.56 Å². The van der Waals surface area contributed by atoms with Gasteiger partial charge in [0.05, 0.1) is 27.1 Å². The molecule has 0 spiro atoms. The smallest absolute Gasteiger partial charge is 0.343 e. The van der Waals surface area contributed by atoms with Crippen molar-refractivity contribution < 1.29 is 14.3 Å². The molecule has 1 heterocycles. The molecule has 0 bridgehead atoms. The van der Waals surface area contributed by atoms with Gasteiger partial charge in [-0.25, -0.2) is 9.78 Å². The first-order chi connectivity index (χ1) is 14.1. The molecule has 3 aromatic carbocycles. The maximum atomic E-state index is 12.4. The van der Waals surface area contributed by atoms with Crippen LogP contribution in [0, 0.1) is 3.57 Å². The minimum Gasteiger partial charge on any atom is -0.493 e. The molecule has 1 aromatic heterocycles. The summed E-state index contributed by atoms with van der Waals surface area (Å²) in [4.78, 5) is 32.2. The van der Waals surface area contributed by atoms with Gasteiger partial charge in [-0.05, 0) is 59.0 Å². The number of aromatic nitrogens is 2. The van der Waals surface area contributed by atoms with Crippen LogP contribution in [-0.4, -0.2) is 23.0 Å². The lowest BCUT2D eigenvalue weighted by Gasteiger charge is -2.13. The molecule has 0 fully saturated rings. The number of fused-ring (bicyclic) bond motifs is 1. The highest BCUT2D eigenvalue weighted by atomic mass is 127. The van der Waals surface area contributed by atoms with E-state index in [-0.39, 0.29) is 5.56 Å². The van der Waals surface area contributed by atoms with Gasteiger partial charge in [-0.2, -0.15) is 0 Å². The molecule has 4 rings (SSSR count). The van der Waals surface area contributed by atoms with E-state index in [0.29, 0.717) is 42.9 Å². The number of carbonyl (C=O) groups excluding carboxylic acids is 1. The number of methoxy groups -OCH3 is 1. The van der Waals surface area contributed by atoms with Crippen LogP contribution < -0.4 is 15.0 Å². The fraction of sp³-hybridized carbons (Fsp3) is 0.0455. The molecular formula is C22H15IN2O4. The zero-order valence-electron chi connectivity index (χ0n) is 15.3. The first-order valence-corrected chi connectivity index (χ1v) is 9.79. The molecule has 0 aliphatic heterocycles. The van der Waals surface area contributed by atoms with Gasteiger partial charge in [0.1, 0.15) is 5.82 Å². The zero-order chi connectivity index (χ0) is 20.4. The van der Waals surface area contributed by atoms with Crippen LogP contribution in [0.1, 0.15) is 10.4 Å². The number of esters is 1. The van der Waals surface area contributed by atoms with Gasteiger partial charge >= 0.3 is 5.97 Å². The van der Waals surface area contributed by atoms with Crippen LogP contribution in [0.2, 0.25) is 0 Å². The SMILES string of the molecule is COc1cc(-c2nc3ccccc3c(=O)[nH]2)cc(I)c1OC(=O)c1ccccc1. The Labute approximate surface area is 179 Å². The van der Waals surface area contributed by atoms with Crippen LogP contribution in [0.3, 0.4) is 0 Å². The summed E-state index contributed by atoms with van der Waals surface area (Å²) in [5.74, 6) is 0.610. The highest BCUT2D eigenvalue weighted by molar-refractivity contribution is 14.1. The molecule has 0 radical (unpaired) electrons. The minimum absolute atomic E-state index is 0.223. The Hall–Kier alpha value is -3.20. The third-order valence-electron chi connectivity index (χ3n) is 4.32. The summed E-state index contributed by atoms with van der Waals surface area (Å²) in [6.07, 6.45) is 0. The molecule has 0 aliphatic carbocycles. The Morgan fingerprint density at radius 2 is 1.76 bits per heavy atom. The van der Waals surface area contributed by atoms with Gasteiger partial charge in [-0.3, -0.25) is 4.79 Å². The van der Waals surface area contributed by atoms with Crippen LogP contribution in [0.5, 0.6) is 11.5 Å². The second-order valence-electron chi connectivity index (χ2n) is 6.18. The summed E-state index contributed by atoms with van der Waals surface area (Å²) in [5, 5.41) is 0.520. The lowest BCUT2D eigenvalue weighted by molar-refractivity contribution is 0.0728. The number of H-pyrrole nitrogens is 1. The number of para-hydroxylation sites is 1. The number of halogens is 1. The molecule has 0 atom stereocenters. The molecule has 144 valence electrons. The van der Waals surface area contributed by atoms with Crippen LogP contribution in [0.25, 0.3) is 22.3 Å². The number of carbonyl (C=O) groups is 1. The number of aromatic amines is 1. The quantitative estimate of drug-likeness (QED) is 0.256. The highest BCUT2D eigenvalue weighted by Gasteiger charge is 2.18. The van der Waals surface area contributed by atoms with Crippen LogP contribution in [0.15, 0.2) is 71.5 Å². The molecule has 7 heteroatoms. The number of hydrogen-bond donors (Lipinski definition) is 1. The molecule has 0 aliphatic rings. The van der Waals surface area contributed by atoms with Crippen molar-refractivity contribution in [3.63, 3.8) is 0 Å². The van der Waals surface area contributed by atoms with E-state index >= 15 is 0 Å². The summed E-state index contributed by atoms with van der Waals surface area (Å²) in [6.45, 7) is 0. The molecule has 1 N–H and O–H groups in total. The normalized spacial score (nSPS) is 10.7. The van der Waals surface area contributed by atoms with Crippen molar-refractivity contribution in [3.05, 3.63) is 86.2 Å². The van der Waals surface area contributed by atoms with Gasteiger partial charge in [0.2, 0.25) is 0 Å². The first-order valence-electron chi connectivity index (χ1n) is 8.71. The fourth-order valence-corrected chi connectivity index (χ4v) is 3.62. The molecule has 0 saturated carbocycles. The molecule has 0 unspecified atom stereocenters. The Kier molecular flexibility index (Phi) is 5.30. The van der Waals surface area contributed by atoms with Crippen molar-refractivity contribution in [2.75, 3.05) is 7.11 Å². The summed E-state index contributed by atoms with van der Waals surface area (Å²) in [5.41, 5.74) is 1.46. The second-order valence-corrected chi connectivity index (χ2v) is 7.34. The summed E-state index contributed by atoms with van der Waals surface area (Å²) in [7, 11) is 1.49. The van der Waals surface area contributed by atoms with Crippen molar-refractivity contribution in [1.29, 1.82) is 0 Å². The molecule has 6 nitrogen and oxygen atoms in total. The maximum absolute atomic E-state index is 12.4. The number of nitrogens with zero attached hydrogens (tertiary/aromatic N) is 1. The number of ether oxygens (including phenoxy) is 2. The standard InChI is InChI=1S/C22H15IN2O4/c1-28-18-12-14(20-24-17-10-6-5-9-15(17)21(26)25-20)11-16(23)19(18)29-22(27)13-7-3-2-4-8-13/h2-12H,1H3,(H,24,25,26). The topological polar surface area (TPSA) is 81.3 Å². The van der Waals surface area contributed by atoms with E-state index in [1.165, 1.54) is 7.11 Å². The van der Waals surface area contributed by atoms with E-state index in [9.17, 15) is 9.59 Å². The van der Waals surface area contributed by atoms with E-state index in [1.54, 1.807) is 54.6 Å². The van der Waals surface area contributed by atoms with Gasteiger partial charge in [-0.1, -0.05) is 30.3 Å². The molecule has 0 amide bonds. The zero-order valence-corrected chi connectivity index (χ0v) is 17.5. The Morgan fingerprint density at radius 3 is 2.52 bits per heavy atom. The summed E-state index contributed by atoms with van der Waals surface area (Å²) in [6, 6.07) is 19.3. The molecule has 4 aromatic rings. The number of benzene rings is 3. The van der Waals surface area contributed by atoms with Crippen molar-refractivity contribution in [2.45, 2.75) is 0 Å². The summed E-state index contributed by atoms with van der Waals surface area (Å²) >= 11 is 2.06. The average molecular weight is 498 g/mol. The summed E-state index contributed by atoms with van der Waals surface area (Å²) < 4.78 is 11.7. The van der Waals surface area contributed by atoms with E-state index in [1.807, 2.05) is 12.1 Å². The van der Waals surface area contributed by atoms with Gasteiger partial charge in [0.15, 0.2) is 11.5 Å². The lowest BCUT2D eigenvalue weighted by atomic mass is 10.1.